The van der Waals surface area contributed by atoms with E-state index in [-0.39, 0.29) is 5.56 Å². The molecule has 0 aromatic heterocycles. The molecule has 1 amide bonds. The number of benzene rings is 1. The van der Waals surface area contributed by atoms with Crippen LogP contribution < -0.4 is 5.32 Å². The SMILES string of the molecule is O=C(NCCCN1CCOCC1)c1cc(F)ccc1F. The number of halogens is 2. The van der Waals surface area contributed by atoms with Gasteiger partial charge in [0.05, 0.1) is 18.8 Å². The molecule has 1 aliphatic heterocycles. The van der Waals surface area contributed by atoms with E-state index >= 15 is 0 Å². The Bertz CT molecular complexity index is 462. The molecule has 110 valence electrons. The van der Waals surface area contributed by atoms with E-state index in [4.69, 9.17) is 4.74 Å². The van der Waals surface area contributed by atoms with Gasteiger partial charge in [0, 0.05) is 19.6 Å². The average molecular weight is 284 g/mol. The molecule has 0 radical (unpaired) electrons. The Kier molecular flexibility index (Phi) is 5.43. The quantitative estimate of drug-likeness (QED) is 0.831. The summed E-state index contributed by atoms with van der Waals surface area (Å²) >= 11 is 0. The molecule has 1 fully saturated rings. The molecule has 0 aliphatic carbocycles. The molecule has 0 unspecified atom stereocenters. The van der Waals surface area contributed by atoms with Crippen LogP contribution in [-0.4, -0.2) is 50.2 Å². The number of carbonyl (C=O) groups excluding carboxylic acids is 1. The van der Waals surface area contributed by atoms with Crippen LogP contribution in [-0.2, 0) is 4.74 Å². The fourth-order valence-electron chi connectivity index (χ4n) is 2.10. The van der Waals surface area contributed by atoms with Gasteiger partial charge in [-0.15, -0.1) is 0 Å². The molecule has 4 nitrogen and oxygen atoms in total. The van der Waals surface area contributed by atoms with Crippen LogP contribution in [0, 0.1) is 11.6 Å². The summed E-state index contributed by atoms with van der Waals surface area (Å²) in [7, 11) is 0. The highest BCUT2D eigenvalue weighted by molar-refractivity contribution is 5.94. The molecule has 0 atom stereocenters. The predicted molar refractivity (Wildman–Crippen MR) is 70.6 cm³/mol. The zero-order valence-corrected chi connectivity index (χ0v) is 11.2. The molecular formula is C14H18F2N2O2. The van der Waals surface area contributed by atoms with E-state index < -0.39 is 17.5 Å². The number of carbonyl (C=O) groups is 1. The zero-order valence-electron chi connectivity index (χ0n) is 11.2. The summed E-state index contributed by atoms with van der Waals surface area (Å²) in [4.78, 5) is 14.0. The van der Waals surface area contributed by atoms with E-state index in [1.807, 2.05) is 0 Å². The van der Waals surface area contributed by atoms with Crippen LogP contribution in [0.25, 0.3) is 0 Å². The number of nitrogens with zero attached hydrogens (tertiary/aromatic N) is 1. The summed E-state index contributed by atoms with van der Waals surface area (Å²) < 4.78 is 31.6. The van der Waals surface area contributed by atoms with Gasteiger partial charge >= 0.3 is 0 Å². The summed E-state index contributed by atoms with van der Waals surface area (Å²) in [5.41, 5.74) is -0.253. The first kappa shape index (κ1) is 14.9. The van der Waals surface area contributed by atoms with Crippen LogP contribution in [0.1, 0.15) is 16.8 Å². The molecule has 1 heterocycles. The lowest BCUT2D eigenvalue weighted by Crippen LogP contribution is -2.38. The second-order valence-corrected chi connectivity index (χ2v) is 4.69. The van der Waals surface area contributed by atoms with Crippen molar-refractivity contribution < 1.29 is 18.3 Å². The molecule has 0 bridgehead atoms. The fourth-order valence-corrected chi connectivity index (χ4v) is 2.10. The number of morpholine rings is 1. The lowest BCUT2D eigenvalue weighted by atomic mass is 10.2. The largest absolute Gasteiger partial charge is 0.379 e. The van der Waals surface area contributed by atoms with Gasteiger partial charge in [0.2, 0.25) is 0 Å². The maximum atomic E-state index is 13.4. The number of ether oxygens (including phenoxy) is 1. The molecule has 2 rings (SSSR count). The van der Waals surface area contributed by atoms with Crippen molar-refractivity contribution in [3.8, 4) is 0 Å². The van der Waals surface area contributed by atoms with Crippen molar-refractivity contribution in [3.05, 3.63) is 35.4 Å². The fraction of sp³-hybridized carbons (Fsp3) is 0.500. The summed E-state index contributed by atoms with van der Waals surface area (Å²) in [5, 5.41) is 2.60. The van der Waals surface area contributed by atoms with Gasteiger partial charge < -0.3 is 10.1 Å². The minimum Gasteiger partial charge on any atom is -0.379 e. The number of hydrogen-bond acceptors (Lipinski definition) is 3. The minimum atomic E-state index is -0.711. The summed E-state index contributed by atoms with van der Waals surface area (Å²) in [6.07, 6.45) is 0.767. The van der Waals surface area contributed by atoms with E-state index in [1.165, 1.54) is 0 Å². The van der Waals surface area contributed by atoms with E-state index in [0.717, 1.165) is 57.5 Å². The molecule has 0 saturated carbocycles. The Morgan fingerprint density at radius 1 is 1.30 bits per heavy atom. The standard InChI is InChI=1S/C14H18F2N2O2/c15-11-2-3-13(16)12(10-11)14(19)17-4-1-5-18-6-8-20-9-7-18/h2-3,10H,1,4-9H2,(H,17,19). The predicted octanol–water partition coefficient (Wildman–Crippen LogP) is 1.42. The van der Waals surface area contributed by atoms with Crippen molar-refractivity contribution in [3.63, 3.8) is 0 Å². The van der Waals surface area contributed by atoms with E-state index in [0.29, 0.717) is 6.54 Å². The van der Waals surface area contributed by atoms with E-state index in [1.54, 1.807) is 0 Å². The Morgan fingerprint density at radius 2 is 2.05 bits per heavy atom. The molecule has 1 N–H and O–H groups in total. The van der Waals surface area contributed by atoms with Gasteiger partial charge in [0.25, 0.3) is 5.91 Å². The molecule has 20 heavy (non-hydrogen) atoms. The highest BCUT2D eigenvalue weighted by Crippen LogP contribution is 2.09. The number of amides is 1. The van der Waals surface area contributed by atoms with Crippen molar-refractivity contribution in [2.45, 2.75) is 6.42 Å². The van der Waals surface area contributed by atoms with Crippen LogP contribution in [0.15, 0.2) is 18.2 Å². The van der Waals surface area contributed by atoms with Gasteiger partial charge in [-0.05, 0) is 31.2 Å². The topological polar surface area (TPSA) is 41.6 Å². The third-order valence-corrected chi connectivity index (χ3v) is 3.21. The van der Waals surface area contributed by atoms with Crippen LogP contribution in [0.4, 0.5) is 8.78 Å². The smallest absolute Gasteiger partial charge is 0.254 e. The first-order valence-electron chi connectivity index (χ1n) is 6.70. The van der Waals surface area contributed by atoms with Crippen molar-refractivity contribution in [2.24, 2.45) is 0 Å². The molecule has 1 aromatic carbocycles. The lowest BCUT2D eigenvalue weighted by molar-refractivity contribution is 0.0374. The molecule has 1 aliphatic rings. The first-order valence-corrected chi connectivity index (χ1v) is 6.70. The molecule has 0 spiro atoms. The Labute approximate surface area is 116 Å². The van der Waals surface area contributed by atoms with Crippen molar-refractivity contribution in [1.29, 1.82) is 0 Å². The van der Waals surface area contributed by atoms with Crippen LogP contribution >= 0.6 is 0 Å². The van der Waals surface area contributed by atoms with Crippen LogP contribution in [0.2, 0.25) is 0 Å². The lowest BCUT2D eigenvalue weighted by Gasteiger charge is -2.26. The summed E-state index contributed by atoms with van der Waals surface area (Å²) in [6.45, 7) is 4.56. The minimum absolute atomic E-state index is 0.253. The van der Waals surface area contributed by atoms with Gasteiger partial charge in [-0.2, -0.15) is 0 Å². The van der Waals surface area contributed by atoms with Gasteiger partial charge in [0.15, 0.2) is 0 Å². The molecule has 1 saturated heterocycles. The van der Waals surface area contributed by atoms with Crippen LogP contribution in [0.5, 0.6) is 0 Å². The average Bonchev–Trinajstić information content (AvgIpc) is 2.47. The van der Waals surface area contributed by atoms with Crippen molar-refractivity contribution >= 4 is 5.91 Å². The van der Waals surface area contributed by atoms with Gasteiger partial charge in [-0.1, -0.05) is 0 Å². The Morgan fingerprint density at radius 3 is 2.80 bits per heavy atom. The monoisotopic (exact) mass is 284 g/mol. The van der Waals surface area contributed by atoms with Gasteiger partial charge in [-0.25, -0.2) is 8.78 Å². The molecule has 1 aromatic rings. The highest BCUT2D eigenvalue weighted by atomic mass is 19.1. The summed E-state index contributed by atoms with van der Waals surface area (Å²) in [6, 6.07) is 2.86. The number of nitrogens with one attached hydrogen (secondary N) is 1. The normalized spacial score (nSPS) is 16.1. The van der Waals surface area contributed by atoms with Crippen LogP contribution in [0.3, 0.4) is 0 Å². The second kappa shape index (κ2) is 7.31. The Hall–Kier alpha value is -1.53. The van der Waals surface area contributed by atoms with E-state index in [2.05, 4.69) is 10.2 Å². The number of hydrogen-bond donors (Lipinski definition) is 1. The zero-order chi connectivity index (χ0) is 14.4. The summed E-state index contributed by atoms with van der Waals surface area (Å²) in [5.74, 6) is -1.91. The molecule has 6 heteroatoms. The van der Waals surface area contributed by atoms with Crippen molar-refractivity contribution in [1.82, 2.24) is 10.2 Å². The van der Waals surface area contributed by atoms with E-state index in [9.17, 15) is 13.6 Å². The maximum absolute atomic E-state index is 13.4. The highest BCUT2D eigenvalue weighted by Gasteiger charge is 2.13. The van der Waals surface area contributed by atoms with Gasteiger partial charge in [-0.3, -0.25) is 9.69 Å². The molecular weight excluding hydrogens is 266 g/mol. The van der Waals surface area contributed by atoms with Crippen molar-refractivity contribution in [2.75, 3.05) is 39.4 Å². The first-order chi connectivity index (χ1) is 9.66. The second-order valence-electron chi connectivity index (χ2n) is 4.69. The number of rotatable bonds is 5. The Balaban J connectivity index is 1.73. The van der Waals surface area contributed by atoms with Gasteiger partial charge in [0.1, 0.15) is 11.6 Å². The third-order valence-electron chi connectivity index (χ3n) is 3.21. The third kappa shape index (κ3) is 4.25. The maximum Gasteiger partial charge on any atom is 0.254 e.